The van der Waals surface area contributed by atoms with Crippen LogP contribution in [0.5, 0.6) is 5.75 Å². The van der Waals surface area contributed by atoms with Crippen LogP contribution >= 0.6 is 11.6 Å². The molecule has 1 saturated heterocycles. The topological polar surface area (TPSA) is 103 Å². The monoisotopic (exact) mass is 405 g/mol. The molecule has 0 atom stereocenters. The number of halogens is 1. The molecule has 1 aliphatic carbocycles. The van der Waals surface area contributed by atoms with Gasteiger partial charge in [-0.05, 0) is 49.8 Å². The zero-order chi connectivity index (χ0) is 20.1. The van der Waals surface area contributed by atoms with E-state index in [0.29, 0.717) is 61.2 Å². The molecule has 2 aliphatic rings. The third-order valence-electron chi connectivity index (χ3n) is 5.75. The highest BCUT2D eigenvalue weighted by Gasteiger charge is 2.48. The molecule has 1 aliphatic heterocycles. The van der Waals surface area contributed by atoms with Gasteiger partial charge in [-0.1, -0.05) is 11.6 Å². The fourth-order valence-electron chi connectivity index (χ4n) is 3.95. The number of aliphatic hydroxyl groups is 1. The summed E-state index contributed by atoms with van der Waals surface area (Å²) in [6, 6.07) is 7.00. The quantitative estimate of drug-likeness (QED) is 0.672. The number of aliphatic hydroxyl groups excluding tert-OH is 1. The highest BCUT2D eigenvalue weighted by molar-refractivity contribution is 6.32. The molecule has 0 unspecified atom stereocenters. The Hall–Kier alpha value is -2.30. The molecular weight excluding hydrogens is 382 g/mol. The van der Waals surface area contributed by atoms with Crippen LogP contribution in [0.2, 0.25) is 5.02 Å². The van der Waals surface area contributed by atoms with Gasteiger partial charge >= 0.3 is 0 Å². The average molecular weight is 406 g/mol. The summed E-state index contributed by atoms with van der Waals surface area (Å²) in [4.78, 5) is 25.2. The molecule has 1 heterocycles. The van der Waals surface area contributed by atoms with Gasteiger partial charge in [0.1, 0.15) is 5.75 Å². The normalized spacial score (nSPS) is 24.8. The highest BCUT2D eigenvalue weighted by Crippen LogP contribution is 2.39. The molecule has 0 aromatic heterocycles. The third kappa shape index (κ3) is 4.40. The summed E-state index contributed by atoms with van der Waals surface area (Å²) in [5.74, 6) is 0.873. The van der Waals surface area contributed by atoms with Crippen molar-refractivity contribution in [2.45, 2.75) is 31.2 Å². The molecule has 2 fully saturated rings. The van der Waals surface area contributed by atoms with Crippen molar-refractivity contribution >= 4 is 23.9 Å². The molecule has 2 amide bonds. The lowest BCUT2D eigenvalue weighted by molar-refractivity contribution is -0.145. The number of carbonyl (C=O) groups is 2. The number of hydrogen-bond donors (Lipinski definition) is 2. The number of rotatable bonds is 7. The zero-order valence-corrected chi connectivity index (χ0v) is 16.3. The van der Waals surface area contributed by atoms with Gasteiger partial charge in [-0.3, -0.25) is 9.59 Å². The predicted octanol–water partition coefficient (Wildman–Crippen LogP) is 1.72. The van der Waals surface area contributed by atoms with Crippen LogP contribution in [0, 0.1) is 23.2 Å². The first-order valence-corrected chi connectivity index (χ1v) is 9.81. The van der Waals surface area contributed by atoms with Crippen LogP contribution in [0.4, 0.5) is 0 Å². The molecule has 7 nitrogen and oxygen atoms in total. The summed E-state index contributed by atoms with van der Waals surface area (Å²) in [6.45, 7) is 1.73. The molecule has 28 heavy (non-hydrogen) atoms. The van der Waals surface area contributed by atoms with Crippen LogP contribution in [-0.2, 0) is 9.59 Å². The minimum absolute atomic E-state index is 0.103. The summed E-state index contributed by atoms with van der Waals surface area (Å²) in [7, 11) is 0. The number of hydrogen-bond acceptors (Lipinski definition) is 5. The summed E-state index contributed by atoms with van der Waals surface area (Å²) in [5.41, 5.74) is -0.136. The molecule has 8 heteroatoms. The first kappa shape index (κ1) is 20.4. The number of ether oxygens (including phenoxy) is 1. The lowest BCUT2D eigenvalue weighted by Gasteiger charge is -2.47. The number of amides is 2. The van der Waals surface area contributed by atoms with E-state index in [-0.39, 0.29) is 18.4 Å². The first-order chi connectivity index (χ1) is 13.5. The van der Waals surface area contributed by atoms with Crippen molar-refractivity contribution in [1.82, 2.24) is 10.2 Å². The van der Waals surface area contributed by atoms with E-state index in [1.807, 2.05) is 11.0 Å². The minimum Gasteiger partial charge on any atom is -0.492 e. The van der Waals surface area contributed by atoms with E-state index in [4.69, 9.17) is 21.6 Å². The Balaban J connectivity index is 1.43. The molecule has 1 aromatic carbocycles. The minimum atomic E-state index is -0.630. The van der Waals surface area contributed by atoms with E-state index in [0.717, 1.165) is 12.8 Å². The van der Waals surface area contributed by atoms with Gasteiger partial charge in [0.2, 0.25) is 12.3 Å². The Morgan fingerprint density at radius 1 is 1.43 bits per heavy atom. The van der Waals surface area contributed by atoms with Crippen LogP contribution in [-0.4, -0.2) is 54.2 Å². The predicted molar refractivity (Wildman–Crippen MR) is 103 cm³/mol. The van der Waals surface area contributed by atoms with Gasteiger partial charge in [0, 0.05) is 19.0 Å². The summed E-state index contributed by atoms with van der Waals surface area (Å²) >= 11 is 6.13. The standard InChI is InChI=1S/C20H24ClN3O4/c21-17-7-15(10-22)1-2-18(17)28-11-14-3-5-24(6-4-14)19(27)16-8-20(9-16,12-25)23-13-26/h1-2,7,13-14,16,25H,3-6,8-9,11-12H2,(H,23,26). The smallest absolute Gasteiger partial charge is 0.225 e. The van der Waals surface area contributed by atoms with E-state index in [2.05, 4.69) is 5.32 Å². The SMILES string of the molecule is N#Cc1ccc(OCC2CCN(C(=O)C3CC(CO)(NC=O)C3)CC2)c(Cl)c1. The van der Waals surface area contributed by atoms with Crippen LogP contribution in [0.3, 0.4) is 0 Å². The molecule has 0 spiro atoms. The second-order valence-corrected chi connectivity index (χ2v) is 8.05. The van der Waals surface area contributed by atoms with Crippen molar-refractivity contribution in [3.8, 4) is 11.8 Å². The molecule has 150 valence electrons. The van der Waals surface area contributed by atoms with Crippen LogP contribution in [0.15, 0.2) is 18.2 Å². The maximum Gasteiger partial charge on any atom is 0.225 e. The first-order valence-electron chi connectivity index (χ1n) is 9.43. The van der Waals surface area contributed by atoms with Crippen molar-refractivity contribution in [2.75, 3.05) is 26.3 Å². The van der Waals surface area contributed by atoms with Crippen LogP contribution in [0.25, 0.3) is 0 Å². The van der Waals surface area contributed by atoms with Crippen molar-refractivity contribution in [1.29, 1.82) is 5.26 Å². The summed E-state index contributed by atoms with van der Waals surface area (Å²) in [6.07, 6.45) is 3.26. The van der Waals surface area contributed by atoms with Crippen LogP contribution < -0.4 is 10.1 Å². The number of piperidine rings is 1. The highest BCUT2D eigenvalue weighted by atomic mass is 35.5. The van der Waals surface area contributed by atoms with Gasteiger partial charge in [-0.2, -0.15) is 5.26 Å². The van der Waals surface area contributed by atoms with E-state index >= 15 is 0 Å². The summed E-state index contributed by atoms with van der Waals surface area (Å²) in [5, 5.41) is 21.4. The Labute approximate surface area is 169 Å². The van der Waals surface area contributed by atoms with Crippen molar-refractivity contribution < 1.29 is 19.4 Å². The lowest BCUT2D eigenvalue weighted by Crippen LogP contribution is -2.61. The lowest BCUT2D eigenvalue weighted by atomic mass is 9.68. The van der Waals surface area contributed by atoms with Crippen molar-refractivity contribution in [3.05, 3.63) is 28.8 Å². The van der Waals surface area contributed by atoms with Gasteiger partial charge < -0.3 is 20.1 Å². The molecule has 0 radical (unpaired) electrons. The Kier molecular flexibility index (Phi) is 6.42. The number of nitrogens with zero attached hydrogens (tertiary/aromatic N) is 2. The van der Waals surface area contributed by atoms with Crippen molar-refractivity contribution in [3.63, 3.8) is 0 Å². The molecular formula is C20H24ClN3O4. The van der Waals surface area contributed by atoms with Crippen LogP contribution in [0.1, 0.15) is 31.2 Å². The molecule has 0 bridgehead atoms. The fraction of sp³-hybridized carbons (Fsp3) is 0.550. The molecule has 3 rings (SSSR count). The van der Waals surface area contributed by atoms with Crippen molar-refractivity contribution in [2.24, 2.45) is 11.8 Å². The molecule has 1 saturated carbocycles. The van der Waals surface area contributed by atoms with Gasteiger partial charge in [0.25, 0.3) is 0 Å². The Bertz CT molecular complexity index is 765. The largest absolute Gasteiger partial charge is 0.492 e. The fourth-order valence-corrected chi connectivity index (χ4v) is 4.18. The van der Waals surface area contributed by atoms with E-state index in [1.54, 1.807) is 18.2 Å². The van der Waals surface area contributed by atoms with E-state index in [1.165, 1.54) is 0 Å². The second kappa shape index (κ2) is 8.80. The number of nitrogens with one attached hydrogen (secondary N) is 1. The Morgan fingerprint density at radius 2 is 2.14 bits per heavy atom. The number of benzene rings is 1. The zero-order valence-electron chi connectivity index (χ0n) is 15.6. The van der Waals surface area contributed by atoms with Gasteiger partial charge in [0.15, 0.2) is 0 Å². The second-order valence-electron chi connectivity index (χ2n) is 7.64. The number of likely N-dealkylation sites (tertiary alicyclic amines) is 1. The summed E-state index contributed by atoms with van der Waals surface area (Å²) < 4.78 is 5.81. The van der Waals surface area contributed by atoms with Gasteiger partial charge in [-0.15, -0.1) is 0 Å². The molecule has 2 N–H and O–H groups in total. The Morgan fingerprint density at radius 3 is 2.71 bits per heavy atom. The third-order valence-corrected chi connectivity index (χ3v) is 6.05. The number of carbonyl (C=O) groups excluding carboxylic acids is 2. The maximum atomic E-state index is 12.6. The van der Waals surface area contributed by atoms with Gasteiger partial charge in [-0.25, -0.2) is 0 Å². The number of nitriles is 1. The van der Waals surface area contributed by atoms with Gasteiger partial charge in [0.05, 0.1) is 35.4 Å². The maximum absolute atomic E-state index is 12.6. The van der Waals surface area contributed by atoms with E-state index in [9.17, 15) is 14.7 Å². The van der Waals surface area contributed by atoms with E-state index < -0.39 is 5.54 Å². The average Bonchev–Trinajstić information content (AvgIpc) is 2.69. The molecule has 1 aromatic rings.